The number of allylic oxidation sites excluding steroid dienone is 11. The van der Waals surface area contributed by atoms with E-state index in [-0.39, 0.29) is 18.9 Å². The lowest BCUT2D eigenvalue weighted by molar-refractivity contribution is -0.359. The van der Waals surface area contributed by atoms with E-state index in [2.05, 4.69) is 79.9 Å². The van der Waals surface area contributed by atoms with Gasteiger partial charge in [0.1, 0.15) is 48.8 Å². The molecule has 2 aliphatic heterocycles. The lowest BCUT2D eigenvalue weighted by atomic mass is 9.97. The van der Waals surface area contributed by atoms with E-state index in [9.17, 15) is 45.6 Å². The summed E-state index contributed by atoms with van der Waals surface area (Å²) in [5, 5.41) is 86.7. The number of aliphatic hydroxyl groups excluding tert-OH is 8. The lowest BCUT2D eigenvalue weighted by Gasteiger charge is -2.46. The van der Waals surface area contributed by atoms with E-state index in [0.29, 0.717) is 12.8 Å². The van der Waals surface area contributed by atoms with E-state index in [0.717, 1.165) is 77.0 Å². The van der Waals surface area contributed by atoms with Crippen LogP contribution in [0.3, 0.4) is 0 Å². The summed E-state index contributed by atoms with van der Waals surface area (Å²) in [6.07, 6.45) is 33.7. The molecule has 2 rings (SSSR count). The van der Waals surface area contributed by atoms with Crippen molar-refractivity contribution in [2.24, 2.45) is 0 Å². The molecule has 2 aliphatic rings. The Morgan fingerprint density at radius 3 is 1.57 bits per heavy atom. The average Bonchev–Trinajstić information content (AvgIpc) is 3.34. The number of carbonyl (C=O) groups excluding carboxylic acids is 1. The fourth-order valence-corrected chi connectivity index (χ4v) is 8.03. The van der Waals surface area contributed by atoms with E-state index in [4.69, 9.17) is 18.9 Å². The van der Waals surface area contributed by atoms with Crippen molar-refractivity contribution in [3.05, 3.63) is 72.9 Å². The molecule has 9 N–H and O–H groups in total. The molecule has 12 atom stereocenters. The molecule has 0 aromatic rings. The summed E-state index contributed by atoms with van der Waals surface area (Å²) in [6.45, 7) is 2.68. The molecule has 14 nitrogen and oxygen atoms in total. The van der Waals surface area contributed by atoms with Crippen molar-refractivity contribution in [3.63, 3.8) is 0 Å². The molecule has 12 unspecified atom stereocenters. The zero-order chi connectivity index (χ0) is 49.6. The summed E-state index contributed by atoms with van der Waals surface area (Å²) < 4.78 is 22.7. The van der Waals surface area contributed by atoms with Crippen LogP contribution >= 0.6 is 0 Å². The van der Waals surface area contributed by atoms with Gasteiger partial charge in [-0.3, -0.25) is 4.79 Å². The number of ether oxygens (including phenoxy) is 4. The van der Waals surface area contributed by atoms with Crippen molar-refractivity contribution >= 4 is 5.91 Å². The first-order valence-corrected chi connectivity index (χ1v) is 26.2. The molecule has 1 amide bonds. The number of aliphatic hydroxyl groups is 8. The molecular formula is C54H93NO13. The molecule has 0 saturated carbocycles. The van der Waals surface area contributed by atoms with Crippen LogP contribution in [0.2, 0.25) is 0 Å². The highest BCUT2D eigenvalue weighted by molar-refractivity contribution is 5.76. The SMILES string of the molecule is CCCCC/C=C/CC/C=C/CC/C=C/C(O)C(COC1OC(CO)C(OC2OC(CO)C(O)C(O)C2O)C(O)C1O)NC(=O)CCCCCCCC/C=C\C/C=C\C/C=C\CCCCCCC. The Hall–Kier alpha value is -2.57. The van der Waals surface area contributed by atoms with E-state index in [1.807, 2.05) is 6.08 Å². The minimum Gasteiger partial charge on any atom is -0.394 e. The van der Waals surface area contributed by atoms with E-state index >= 15 is 0 Å². The number of amides is 1. The Balaban J connectivity index is 1.84. The number of hydrogen-bond acceptors (Lipinski definition) is 13. The quantitative estimate of drug-likeness (QED) is 0.0220. The minimum atomic E-state index is -1.80. The number of hydrogen-bond donors (Lipinski definition) is 9. The molecule has 68 heavy (non-hydrogen) atoms. The molecule has 0 aromatic heterocycles. The van der Waals surface area contributed by atoms with Gasteiger partial charge in [-0.15, -0.1) is 0 Å². The minimum absolute atomic E-state index is 0.252. The van der Waals surface area contributed by atoms with Gasteiger partial charge >= 0.3 is 0 Å². The molecule has 0 aromatic carbocycles. The molecular weight excluding hydrogens is 871 g/mol. The van der Waals surface area contributed by atoms with Crippen LogP contribution in [0, 0.1) is 0 Å². The van der Waals surface area contributed by atoms with Crippen LogP contribution in [-0.2, 0) is 23.7 Å². The Labute approximate surface area is 408 Å². The molecule has 2 saturated heterocycles. The summed E-state index contributed by atoms with van der Waals surface area (Å²) in [5.41, 5.74) is 0. The van der Waals surface area contributed by atoms with Crippen molar-refractivity contribution < 1.29 is 64.6 Å². The van der Waals surface area contributed by atoms with Gasteiger partial charge in [0.2, 0.25) is 5.91 Å². The fraction of sp³-hybridized carbons (Fsp3) is 0.759. The van der Waals surface area contributed by atoms with Gasteiger partial charge in [0.25, 0.3) is 0 Å². The third-order valence-corrected chi connectivity index (χ3v) is 12.3. The average molecular weight is 964 g/mol. The summed E-state index contributed by atoms with van der Waals surface area (Å²) in [6, 6.07) is -0.947. The Morgan fingerprint density at radius 2 is 0.985 bits per heavy atom. The standard InChI is InChI=1S/C54H93NO13/c1-3-5-7-9-11-13-15-17-18-19-20-21-22-23-24-26-28-30-32-34-36-38-46(59)55-42(43(58)37-35-33-31-29-27-25-16-14-12-10-8-6-4-2)41-65-53-51(64)49(62)52(45(40-57)67-53)68-54-50(63)48(61)47(60)44(39-56)66-54/h12,14-15,17,19-20,22-23,27,29,35,37,42-45,47-54,56-58,60-64H,3-11,13,16,18,21,24-26,28,30-34,36,38-41H2,1-2H3,(H,55,59)/b14-12+,17-15-,20-19-,23-22-,29-27+,37-35+. The third kappa shape index (κ3) is 26.6. The van der Waals surface area contributed by atoms with Gasteiger partial charge in [-0.2, -0.15) is 0 Å². The van der Waals surface area contributed by atoms with Crippen molar-refractivity contribution in [2.45, 2.75) is 242 Å². The highest BCUT2D eigenvalue weighted by atomic mass is 16.7. The molecule has 392 valence electrons. The highest BCUT2D eigenvalue weighted by Gasteiger charge is 2.51. The van der Waals surface area contributed by atoms with Gasteiger partial charge in [-0.25, -0.2) is 0 Å². The first kappa shape index (κ1) is 61.5. The van der Waals surface area contributed by atoms with Gasteiger partial charge < -0.3 is 65.1 Å². The molecule has 2 fully saturated rings. The van der Waals surface area contributed by atoms with Crippen molar-refractivity contribution in [2.75, 3.05) is 19.8 Å². The number of carbonyl (C=O) groups is 1. The number of rotatable bonds is 39. The summed E-state index contributed by atoms with van der Waals surface area (Å²) in [5.74, 6) is -0.271. The molecule has 2 heterocycles. The van der Waals surface area contributed by atoms with Gasteiger partial charge in [0, 0.05) is 6.42 Å². The predicted molar refractivity (Wildman–Crippen MR) is 267 cm³/mol. The van der Waals surface area contributed by atoms with E-state index in [1.165, 1.54) is 57.8 Å². The molecule has 0 radical (unpaired) electrons. The first-order chi connectivity index (χ1) is 33.1. The monoisotopic (exact) mass is 964 g/mol. The second-order valence-corrected chi connectivity index (χ2v) is 18.3. The summed E-state index contributed by atoms with van der Waals surface area (Å²) >= 11 is 0. The van der Waals surface area contributed by atoms with Crippen LogP contribution in [-0.4, -0.2) is 140 Å². The molecule has 0 aliphatic carbocycles. The van der Waals surface area contributed by atoms with Crippen LogP contribution in [0.15, 0.2) is 72.9 Å². The van der Waals surface area contributed by atoms with Gasteiger partial charge in [0.05, 0.1) is 32.0 Å². The summed E-state index contributed by atoms with van der Waals surface area (Å²) in [7, 11) is 0. The van der Waals surface area contributed by atoms with Crippen LogP contribution < -0.4 is 5.32 Å². The Bertz CT molecular complexity index is 1420. The van der Waals surface area contributed by atoms with Gasteiger partial charge in [-0.05, 0) is 83.5 Å². The second-order valence-electron chi connectivity index (χ2n) is 18.3. The molecule has 0 bridgehead atoms. The maximum absolute atomic E-state index is 13.2. The largest absolute Gasteiger partial charge is 0.394 e. The third-order valence-electron chi connectivity index (χ3n) is 12.3. The van der Waals surface area contributed by atoms with Gasteiger partial charge in [0.15, 0.2) is 12.6 Å². The van der Waals surface area contributed by atoms with Crippen molar-refractivity contribution in [1.82, 2.24) is 5.32 Å². The summed E-state index contributed by atoms with van der Waals surface area (Å²) in [4.78, 5) is 13.2. The zero-order valence-corrected chi connectivity index (χ0v) is 41.6. The number of nitrogens with one attached hydrogen (secondary N) is 1. The smallest absolute Gasteiger partial charge is 0.220 e. The van der Waals surface area contributed by atoms with Crippen LogP contribution in [0.1, 0.15) is 168 Å². The van der Waals surface area contributed by atoms with Crippen LogP contribution in [0.4, 0.5) is 0 Å². The topological polar surface area (TPSA) is 228 Å². The maximum atomic E-state index is 13.2. The fourth-order valence-electron chi connectivity index (χ4n) is 8.03. The Morgan fingerprint density at radius 1 is 0.529 bits per heavy atom. The molecule has 0 spiro atoms. The predicted octanol–water partition coefficient (Wildman–Crippen LogP) is 7.21. The Kier molecular flexibility index (Phi) is 36.3. The number of unbranched alkanes of at least 4 members (excludes halogenated alkanes) is 16. The molecule has 14 heteroatoms. The van der Waals surface area contributed by atoms with Crippen molar-refractivity contribution in [3.8, 4) is 0 Å². The van der Waals surface area contributed by atoms with Gasteiger partial charge in [-0.1, -0.05) is 151 Å². The van der Waals surface area contributed by atoms with E-state index in [1.54, 1.807) is 6.08 Å². The lowest BCUT2D eigenvalue weighted by Crippen LogP contribution is -2.65. The van der Waals surface area contributed by atoms with Crippen LogP contribution in [0.25, 0.3) is 0 Å². The van der Waals surface area contributed by atoms with E-state index < -0.39 is 86.8 Å². The highest BCUT2D eigenvalue weighted by Crippen LogP contribution is 2.30. The zero-order valence-electron chi connectivity index (χ0n) is 41.6. The second kappa shape index (κ2) is 40.1. The van der Waals surface area contributed by atoms with Crippen molar-refractivity contribution in [1.29, 1.82) is 0 Å². The first-order valence-electron chi connectivity index (χ1n) is 26.2. The maximum Gasteiger partial charge on any atom is 0.220 e. The normalized spacial score (nSPS) is 27.0. The van der Waals surface area contributed by atoms with Crippen LogP contribution in [0.5, 0.6) is 0 Å².